The molecule has 1 aromatic carbocycles. The molecule has 27 heavy (non-hydrogen) atoms. The van der Waals surface area contributed by atoms with Gasteiger partial charge in [-0.05, 0) is 44.5 Å². The molecule has 0 saturated carbocycles. The van der Waals surface area contributed by atoms with Crippen LogP contribution in [0.3, 0.4) is 0 Å². The van der Waals surface area contributed by atoms with Crippen LogP contribution < -0.4 is 14.8 Å². The van der Waals surface area contributed by atoms with E-state index in [9.17, 15) is 4.79 Å². The normalized spacial score (nSPS) is 14.6. The maximum atomic E-state index is 12.8. The van der Waals surface area contributed by atoms with Crippen LogP contribution in [0.1, 0.15) is 46.7 Å². The Morgan fingerprint density at radius 3 is 2.78 bits per heavy atom. The fourth-order valence-electron chi connectivity index (χ4n) is 3.24. The summed E-state index contributed by atoms with van der Waals surface area (Å²) in [5.41, 5.74) is 3.77. The second-order valence-electron chi connectivity index (χ2n) is 6.78. The molecule has 0 saturated heterocycles. The van der Waals surface area contributed by atoms with Crippen molar-refractivity contribution in [1.29, 1.82) is 0 Å². The van der Waals surface area contributed by atoms with Gasteiger partial charge in [-0.25, -0.2) is 9.50 Å². The number of hydrogen-bond donors (Lipinski definition) is 1. The number of benzene rings is 1. The molecule has 0 spiro atoms. The van der Waals surface area contributed by atoms with Crippen LogP contribution in [0, 0.1) is 13.8 Å². The summed E-state index contributed by atoms with van der Waals surface area (Å²) in [6.07, 6.45) is 2.42. The number of aryl methyl sites for hydroxylation is 2. The number of aromatic nitrogens is 3. The van der Waals surface area contributed by atoms with Gasteiger partial charge in [-0.3, -0.25) is 4.79 Å². The lowest BCUT2D eigenvalue weighted by Gasteiger charge is -2.16. The molecule has 1 atom stereocenters. The molecule has 2 aromatic heterocycles. The number of rotatable bonds is 3. The maximum Gasteiger partial charge on any atom is 0.257 e. The first-order valence-corrected chi connectivity index (χ1v) is 9.05. The van der Waals surface area contributed by atoms with E-state index in [0.717, 1.165) is 34.9 Å². The highest BCUT2D eigenvalue weighted by molar-refractivity contribution is 5.99. The van der Waals surface area contributed by atoms with Gasteiger partial charge in [0.15, 0.2) is 17.1 Å². The summed E-state index contributed by atoms with van der Waals surface area (Å²) < 4.78 is 13.1. The summed E-state index contributed by atoms with van der Waals surface area (Å²) in [6, 6.07) is 7.50. The Bertz CT molecular complexity index is 1010. The lowest BCUT2D eigenvalue weighted by molar-refractivity contribution is 0.0941. The van der Waals surface area contributed by atoms with Crippen LogP contribution in [0.15, 0.2) is 30.5 Å². The van der Waals surface area contributed by atoms with Crippen molar-refractivity contribution in [2.45, 2.75) is 33.2 Å². The minimum absolute atomic E-state index is 0.199. The van der Waals surface area contributed by atoms with Crippen molar-refractivity contribution < 1.29 is 14.3 Å². The van der Waals surface area contributed by atoms with Crippen LogP contribution in [-0.4, -0.2) is 33.7 Å². The number of amides is 1. The van der Waals surface area contributed by atoms with Crippen molar-refractivity contribution in [3.8, 4) is 11.5 Å². The third kappa shape index (κ3) is 3.32. The molecule has 0 bridgehead atoms. The second-order valence-corrected chi connectivity index (χ2v) is 6.78. The fourth-order valence-corrected chi connectivity index (χ4v) is 3.24. The van der Waals surface area contributed by atoms with Gasteiger partial charge in [-0.15, -0.1) is 0 Å². The maximum absolute atomic E-state index is 12.8. The smallest absolute Gasteiger partial charge is 0.257 e. The van der Waals surface area contributed by atoms with E-state index in [1.807, 2.05) is 45.0 Å². The number of nitrogens with one attached hydrogen (secondary N) is 1. The summed E-state index contributed by atoms with van der Waals surface area (Å²) in [6.45, 7) is 7.06. The number of fused-ring (bicyclic) bond motifs is 2. The molecule has 1 amide bonds. The molecule has 0 radical (unpaired) electrons. The number of hydrogen-bond acceptors (Lipinski definition) is 5. The zero-order valence-electron chi connectivity index (χ0n) is 15.7. The van der Waals surface area contributed by atoms with Crippen LogP contribution in [0.2, 0.25) is 0 Å². The van der Waals surface area contributed by atoms with Crippen molar-refractivity contribution in [2.24, 2.45) is 0 Å². The molecule has 1 aliphatic rings. The summed E-state index contributed by atoms with van der Waals surface area (Å²) in [7, 11) is 0. The molecule has 4 rings (SSSR count). The quantitative estimate of drug-likeness (QED) is 0.771. The Balaban J connectivity index is 1.57. The van der Waals surface area contributed by atoms with Crippen LogP contribution in [0.5, 0.6) is 11.5 Å². The van der Waals surface area contributed by atoms with Gasteiger partial charge < -0.3 is 14.8 Å². The Kier molecular flexibility index (Phi) is 4.43. The number of nitrogens with zero attached hydrogens (tertiary/aromatic N) is 3. The van der Waals surface area contributed by atoms with Gasteiger partial charge >= 0.3 is 0 Å². The predicted octanol–water partition coefficient (Wildman–Crippen LogP) is 3.00. The molecule has 3 aromatic rings. The molecule has 1 N–H and O–H groups in total. The Hall–Kier alpha value is -3.09. The SMILES string of the molecule is Cc1cc(C)n2ncc(C(=O)N[C@@H](C)c3ccc4c(c3)OCCCO4)c2n1. The monoisotopic (exact) mass is 366 g/mol. The largest absolute Gasteiger partial charge is 0.490 e. The molecular weight excluding hydrogens is 344 g/mol. The van der Waals surface area contributed by atoms with Gasteiger partial charge in [0.05, 0.1) is 25.5 Å². The first-order valence-electron chi connectivity index (χ1n) is 9.05. The fraction of sp³-hybridized carbons (Fsp3) is 0.350. The second kappa shape index (κ2) is 6.90. The third-order valence-electron chi connectivity index (χ3n) is 4.64. The third-order valence-corrected chi connectivity index (χ3v) is 4.64. The van der Waals surface area contributed by atoms with Crippen molar-refractivity contribution >= 4 is 11.6 Å². The van der Waals surface area contributed by atoms with Gasteiger partial charge in [-0.1, -0.05) is 6.07 Å². The average Bonchev–Trinajstić information content (AvgIpc) is 2.92. The van der Waals surface area contributed by atoms with Gasteiger partial charge in [0.1, 0.15) is 5.56 Å². The standard InChI is InChI=1S/C20H22N4O3/c1-12-9-13(2)24-19(22-12)16(11-21-24)20(25)23-14(3)15-5-6-17-18(10-15)27-8-4-7-26-17/h5-6,9-11,14H,4,7-8H2,1-3H3,(H,23,25)/t14-/m0/s1. The summed E-state index contributed by atoms with van der Waals surface area (Å²) in [5, 5.41) is 7.31. The van der Waals surface area contributed by atoms with E-state index in [-0.39, 0.29) is 11.9 Å². The van der Waals surface area contributed by atoms with Crippen LogP contribution in [-0.2, 0) is 0 Å². The van der Waals surface area contributed by atoms with E-state index in [1.165, 1.54) is 0 Å². The Morgan fingerprint density at radius 2 is 1.96 bits per heavy atom. The van der Waals surface area contributed by atoms with Gasteiger partial charge in [-0.2, -0.15) is 5.10 Å². The molecule has 140 valence electrons. The summed E-state index contributed by atoms with van der Waals surface area (Å²) in [4.78, 5) is 17.3. The topological polar surface area (TPSA) is 77.8 Å². The molecule has 7 nitrogen and oxygen atoms in total. The highest BCUT2D eigenvalue weighted by atomic mass is 16.5. The minimum Gasteiger partial charge on any atom is -0.490 e. The molecule has 0 aliphatic carbocycles. The van der Waals surface area contributed by atoms with E-state index in [2.05, 4.69) is 15.4 Å². The molecular formula is C20H22N4O3. The highest BCUT2D eigenvalue weighted by Crippen LogP contribution is 2.32. The van der Waals surface area contributed by atoms with E-state index >= 15 is 0 Å². The van der Waals surface area contributed by atoms with Gasteiger partial charge in [0.2, 0.25) is 0 Å². The molecule has 0 unspecified atom stereocenters. The molecule has 0 fully saturated rings. The summed E-state index contributed by atoms with van der Waals surface area (Å²) >= 11 is 0. The molecule has 7 heteroatoms. The predicted molar refractivity (Wildman–Crippen MR) is 100 cm³/mol. The number of carbonyl (C=O) groups is 1. The van der Waals surface area contributed by atoms with Crippen LogP contribution in [0.25, 0.3) is 5.65 Å². The van der Waals surface area contributed by atoms with E-state index < -0.39 is 0 Å². The van der Waals surface area contributed by atoms with E-state index in [4.69, 9.17) is 9.47 Å². The zero-order chi connectivity index (χ0) is 19.0. The van der Waals surface area contributed by atoms with Gasteiger partial charge in [0.25, 0.3) is 5.91 Å². The van der Waals surface area contributed by atoms with Gasteiger partial charge in [0, 0.05) is 17.8 Å². The van der Waals surface area contributed by atoms with Crippen molar-refractivity contribution in [1.82, 2.24) is 19.9 Å². The Morgan fingerprint density at radius 1 is 1.19 bits per heavy atom. The van der Waals surface area contributed by atoms with Crippen LogP contribution >= 0.6 is 0 Å². The van der Waals surface area contributed by atoms with Crippen molar-refractivity contribution in [3.05, 3.63) is 53.0 Å². The number of carbonyl (C=O) groups excluding carboxylic acids is 1. The first-order chi connectivity index (χ1) is 13.0. The highest BCUT2D eigenvalue weighted by Gasteiger charge is 2.19. The van der Waals surface area contributed by atoms with Crippen LogP contribution in [0.4, 0.5) is 0 Å². The lowest BCUT2D eigenvalue weighted by atomic mass is 10.1. The Labute approximate surface area is 157 Å². The number of ether oxygens (including phenoxy) is 2. The molecule has 3 heterocycles. The van der Waals surface area contributed by atoms with Crippen molar-refractivity contribution in [3.63, 3.8) is 0 Å². The lowest BCUT2D eigenvalue weighted by Crippen LogP contribution is -2.26. The molecule has 1 aliphatic heterocycles. The van der Waals surface area contributed by atoms with Crippen molar-refractivity contribution in [2.75, 3.05) is 13.2 Å². The average molecular weight is 366 g/mol. The van der Waals surface area contributed by atoms with E-state index in [1.54, 1.807) is 10.7 Å². The summed E-state index contributed by atoms with van der Waals surface area (Å²) in [5.74, 6) is 1.25. The zero-order valence-corrected chi connectivity index (χ0v) is 15.7. The van der Waals surface area contributed by atoms with E-state index in [0.29, 0.717) is 24.4 Å². The minimum atomic E-state index is -0.206. The first kappa shape index (κ1) is 17.3.